The first-order valence-electron chi connectivity index (χ1n) is 4.99. The van der Waals surface area contributed by atoms with Crippen LogP contribution in [0.25, 0.3) is 6.01 Å². The fraction of sp³-hybridized carbons (Fsp3) is 0.300. The van der Waals surface area contributed by atoms with Crippen molar-refractivity contribution in [3.8, 4) is 6.01 Å². The van der Waals surface area contributed by atoms with E-state index in [4.69, 9.17) is 4.42 Å². The van der Waals surface area contributed by atoms with Crippen molar-refractivity contribution >= 4 is 5.78 Å². The third-order valence-electron chi connectivity index (χ3n) is 2.47. The van der Waals surface area contributed by atoms with Gasteiger partial charge < -0.3 is 9.73 Å². The molecule has 0 amide bonds. The highest BCUT2D eigenvalue weighted by Crippen LogP contribution is 2.15. The zero-order chi connectivity index (χ0) is 11.1. The molecule has 0 radical (unpaired) electrons. The lowest BCUT2D eigenvalue weighted by Crippen LogP contribution is -2.29. The average Bonchev–Trinajstić information content (AvgIpc) is 2.84. The molecule has 0 fully saturated rings. The molecule has 1 aliphatic rings. The molecule has 0 bridgehead atoms. The summed E-state index contributed by atoms with van der Waals surface area (Å²) in [5.41, 5.74) is 1.39. The number of nitrogens with zero attached hydrogens (tertiary/aromatic N) is 3. The number of fused-ring (bicyclic) bond motifs is 1. The van der Waals surface area contributed by atoms with Gasteiger partial charge in [-0.25, -0.2) is 0 Å². The van der Waals surface area contributed by atoms with Crippen LogP contribution in [0, 0.1) is 6.92 Å². The van der Waals surface area contributed by atoms with Crippen molar-refractivity contribution in [1.82, 2.24) is 20.1 Å². The molecule has 0 spiro atoms. The van der Waals surface area contributed by atoms with E-state index < -0.39 is 0 Å². The predicted octanol–water partition coefficient (Wildman–Crippen LogP) is 0.455. The molecule has 16 heavy (non-hydrogen) atoms. The molecule has 2 aromatic heterocycles. The van der Waals surface area contributed by atoms with Crippen LogP contribution < -0.4 is 5.32 Å². The molecule has 6 nitrogen and oxygen atoms in total. The Labute approximate surface area is 91.3 Å². The number of carbonyl (C=O) groups excluding carboxylic acids is 1. The molecule has 3 rings (SSSR count). The summed E-state index contributed by atoms with van der Waals surface area (Å²) in [7, 11) is 0. The van der Waals surface area contributed by atoms with Crippen LogP contribution in [-0.4, -0.2) is 27.1 Å². The van der Waals surface area contributed by atoms with Crippen molar-refractivity contribution in [2.75, 3.05) is 6.54 Å². The first-order chi connectivity index (χ1) is 7.74. The van der Waals surface area contributed by atoms with Gasteiger partial charge >= 0.3 is 6.01 Å². The maximum atomic E-state index is 11.6. The maximum absolute atomic E-state index is 11.6. The summed E-state index contributed by atoms with van der Waals surface area (Å²) < 4.78 is 6.84. The summed E-state index contributed by atoms with van der Waals surface area (Å²) in [6, 6.07) is 0.389. The quantitative estimate of drug-likeness (QED) is 0.752. The van der Waals surface area contributed by atoms with E-state index in [9.17, 15) is 4.79 Å². The summed E-state index contributed by atoms with van der Waals surface area (Å²) in [5.74, 6) is 0.767. The number of hydrogen-bond acceptors (Lipinski definition) is 5. The van der Waals surface area contributed by atoms with Crippen molar-refractivity contribution < 1.29 is 9.21 Å². The topological polar surface area (TPSA) is 73.0 Å². The lowest BCUT2D eigenvalue weighted by Gasteiger charge is -2.08. The Morgan fingerprint density at radius 2 is 2.38 bits per heavy atom. The minimum atomic E-state index is 0.0516. The van der Waals surface area contributed by atoms with E-state index in [0.717, 1.165) is 5.69 Å². The molecule has 6 heteroatoms. The third-order valence-corrected chi connectivity index (χ3v) is 2.47. The molecule has 1 aliphatic heterocycles. The molecule has 0 aliphatic carbocycles. The van der Waals surface area contributed by atoms with Crippen LogP contribution in [0.15, 0.2) is 16.8 Å². The molecule has 0 aromatic carbocycles. The number of carbonyl (C=O) groups is 1. The zero-order valence-electron chi connectivity index (χ0n) is 8.73. The summed E-state index contributed by atoms with van der Waals surface area (Å²) in [6.07, 6.45) is 3.29. The zero-order valence-corrected chi connectivity index (χ0v) is 8.73. The van der Waals surface area contributed by atoms with E-state index >= 15 is 0 Å². The van der Waals surface area contributed by atoms with Gasteiger partial charge in [0.1, 0.15) is 5.76 Å². The Kier molecular flexibility index (Phi) is 1.90. The molecule has 3 heterocycles. The van der Waals surface area contributed by atoms with E-state index in [1.807, 2.05) is 6.92 Å². The smallest absolute Gasteiger partial charge is 0.322 e. The predicted molar refractivity (Wildman–Crippen MR) is 54.4 cm³/mol. The molecule has 82 valence electrons. The number of oxazole rings is 1. The minimum absolute atomic E-state index is 0.0516. The van der Waals surface area contributed by atoms with Gasteiger partial charge in [-0.3, -0.25) is 4.79 Å². The highest BCUT2D eigenvalue weighted by atomic mass is 16.4. The van der Waals surface area contributed by atoms with E-state index in [1.54, 1.807) is 12.4 Å². The second-order valence-corrected chi connectivity index (χ2v) is 3.71. The van der Waals surface area contributed by atoms with Crippen molar-refractivity contribution in [2.24, 2.45) is 0 Å². The van der Waals surface area contributed by atoms with Crippen LogP contribution in [0.2, 0.25) is 0 Å². The highest BCUT2D eigenvalue weighted by molar-refractivity contribution is 5.99. The summed E-state index contributed by atoms with van der Waals surface area (Å²) in [4.78, 5) is 15.6. The molecule has 0 saturated heterocycles. The fourth-order valence-electron chi connectivity index (χ4n) is 1.71. The first kappa shape index (κ1) is 9.29. The van der Waals surface area contributed by atoms with Crippen LogP contribution in [0.1, 0.15) is 21.8 Å². The van der Waals surface area contributed by atoms with Gasteiger partial charge in [-0.05, 0) is 6.92 Å². The fourth-order valence-corrected chi connectivity index (χ4v) is 1.71. The maximum Gasteiger partial charge on any atom is 0.322 e. The number of hydrogen-bond donors (Lipinski definition) is 1. The number of rotatable bonds is 1. The second kappa shape index (κ2) is 3.28. The standard InChI is InChI=1S/C10H10N4O2/c1-6-2-12-10(16-6)14-5-7-8(13-14)3-11-4-9(7)15/h2,5,11H,3-4H2,1H3. The van der Waals surface area contributed by atoms with E-state index in [1.165, 1.54) is 4.68 Å². The molecular weight excluding hydrogens is 208 g/mol. The molecule has 2 aromatic rings. The Morgan fingerprint density at radius 1 is 1.50 bits per heavy atom. The Bertz CT molecular complexity index is 555. The lowest BCUT2D eigenvalue weighted by molar-refractivity contribution is 0.0982. The van der Waals surface area contributed by atoms with Crippen LogP contribution in [0.4, 0.5) is 0 Å². The van der Waals surface area contributed by atoms with Crippen LogP contribution in [0.5, 0.6) is 0 Å². The molecule has 0 atom stereocenters. The third kappa shape index (κ3) is 1.35. The number of aryl methyl sites for hydroxylation is 1. The summed E-state index contributed by atoms with van der Waals surface area (Å²) in [6.45, 7) is 2.78. The monoisotopic (exact) mass is 218 g/mol. The van der Waals surface area contributed by atoms with Gasteiger partial charge in [0.25, 0.3) is 0 Å². The number of Topliss-reactive ketones (excluding diaryl/α,β-unsaturated/α-hetero) is 1. The Morgan fingerprint density at radius 3 is 3.06 bits per heavy atom. The average molecular weight is 218 g/mol. The second-order valence-electron chi connectivity index (χ2n) is 3.71. The van der Waals surface area contributed by atoms with E-state index in [0.29, 0.717) is 30.4 Å². The van der Waals surface area contributed by atoms with Gasteiger partial charge in [-0.15, -0.1) is 0 Å². The van der Waals surface area contributed by atoms with Gasteiger partial charge in [0.15, 0.2) is 5.78 Å². The highest BCUT2D eigenvalue weighted by Gasteiger charge is 2.21. The Balaban J connectivity index is 2.07. The van der Waals surface area contributed by atoms with E-state index in [2.05, 4.69) is 15.4 Å². The van der Waals surface area contributed by atoms with Crippen LogP contribution in [0.3, 0.4) is 0 Å². The van der Waals surface area contributed by atoms with Gasteiger partial charge in [0.05, 0.1) is 24.0 Å². The van der Waals surface area contributed by atoms with E-state index in [-0.39, 0.29) is 5.78 Å². The Hall–Kier alpha value is -1.95. The summed E-state index contributed by atoms with van der Waals surface area (Å²) >= 11 is 0. The van der Waals surface area contributed by atoms with Gasteiger partial charge in [-0.1, -0.05) is 0 Å². The SMILES string of the molecule is Cc1cnc(-n2cc3c(n2)CNCC3=O)o1. The van der Waals surface area contributed by atoms with Crippen molar-refractivity contribution in [2.45, 2.75) is 13.5 Å². The van der Waals surface area contributed by atoms with Gasteiger partial charge in [0, 0.05) is 12.7 Å². The minimum Gasteiger partial charge on any atom is -0.427 e. The van der Waals surface area contributed by atoms with Crippen molar-refractivity contribution in [3.63, 3.8) is 0 Å². The van der Waals surface area contributed by atoms with Gasteiger partial charge in [-0.2, -0.15) is 14.8 Å². The summed E-state index contributed by atoms with van der Waals surface area (Å²) in [5, 5.41) is 7.25. The number of ketones is 1. The molecule has 0 saturated carbocycles. The number of nitrogens with one attached hydrogen (secondary N) is 1. The largest absolute Gasteiger partial charge is 0.427 e. The van der Waals surface area contributed by atoms with Crippen molar-refractivity contribution in [1.29, 1.82) is 0 Å². The van der Waals surface area contributed by atoms with Crippen LogP contribution in [-0.2, 0) is 6.54 Å². The molecular formula is C10H10N4O2. The van der Waals surface area contributed by atoms with Crippen molar-refractivity contribution in [3.05, 3.63) is 29.4 Å². The van der Waals surface area contributed by atoms with Crippen LogP contribution >= 0.6 is 0 Å². The van der Waals surface area contributed by atoms with Gasteiger partial charge in [0.2, 0.25) is 0 Å². The molecule has 0 unspecified atom stereocenters. The normalized spacial score (nSPS) is 15.2. The molecule has 1 N–H and O–H groups in total. The number of aromatic nitrogens is 3. The lowest BCUT2D eigenvalue weighted by atomic mass is 10.1. The first-order valence-corrected chi connectivity index (χ1v) is 4.99.